The highest BCUT2D eigenvalue weighted by Crippen LogP contribution is 2.30. The van der Waals surface area contributed by atoms with Gasteiger partial charge in [-0.3, -0.25) is 4.79 Å². The molecule has 1 aliphatic rings. The van der Waals surface area contributed by atoms with Gasteiger partial charge in [0.15, 0.2) is 0 Å². The molecule has 3 rings (SSSR count). The zero-order valence-corrected chi connectivity index (χ0v) is 15.3. The molecule has 132 valence electrons. The Bertz CT molecular complexity index is 755. The minimum atomic E-state index is -0.178. The lowest BCUT2D eigenvalue weighted by atomic mass is 9.98. The summed E-state index contributed by atoms with van der Waals surface area (Å²) in [5.41, 5.74) is 2.41. The summed E-state index contributed by atoms with van der Waals surface area (Å²) in [6.07, 6.45) is 2.35. The Morgan fingerprint density at radius 2 is 1.92 bits per heavy atom. The normalized spacial score (nSPS) is 15.1. The second-order valence-electron chi connectivity index (χ2n) is 6.49. The van der Waals surface area contributed by atoms with E-state index < -0.39 is 0 Å². The Morgan fingerprint density at radius 1 is 1.20 bits per heavy atom. The molecular weight excluding hydrogens is 336 g/mol. The van der Waals surface area contributed by atoms with Crippen LogP contribution in [0.3, 0.4) is 0 Å². The van der Waals surface area contributed by atoms with Crippen molar-refractivity contribution < 1.29 is 9.53 Å². The number of benzene rings is 2. The first-order chi connectivity index (χ1) is 12.1. The zero-order valence-electron chi connectivity index (χ0n) is 14.6. The molecule has 0 saturated carbocycles. The van der Waals surface area contributed by atoms with Crippen LogP contribution in [0, 0.1) is 5.92 Å². The molecule has 1 fully saturated rings. The molecule has 1 N–H and O–H groups in total. The molecule has 1 heterocycles. The predicted molar refractivity (Wildman–Crippen MR) is 103 cm³/mol. The highest BCUT2D eigenvalue weighted by Gasteiger charge is 2.19. The van der Waals surface area contributed by atoms with E-state index in [1.807, 2.05) is 18.2 Å². The first kappa shape index (κ1) is 17.6. The molecule has 5 heteroatoms. The average molecular weight is 359 g/mol. The van der Waals surface area contributed by atoms with Crippen LogP contribution in [0.1, 0.15) is 30.1 Å². The van der Waals surface area contributed by atoms with Crippen molar-refractivity contribution >= 4 is 28.9 Å². The van der Waals surface area contributed by atoms with Crippen molar-refractivity contribution in [1.82, 2.24) is 0 Å². The number of hydrogen-bond donors (Lipinski definition) is 1. The van der Waals surface area contributed by atoms with Gasteiger partial charge in [0.25, 0.3) is 5.91 Å². The van der Waals surface area contributed by atoms with Crippen molar-refractivity contribution in [3.05, 3.63) is 53.1 Å². The number of carbonyl (C=O) groups excluding carboxylic acids is 1. The first-order valence-electron chi connectivity index (χ1n) is 8.57. The van der Waals surface area contributed by atoms with Crippen molar-refractivity contribution in [2.45, 2.75) is 19.8 Å². The minimum absolute atomic E-state index is 0.178. The molecule has 0 bridgehead atoms. The van der Waals surface area contributed by atoms with Gasteiger partial charge in [-0.15, -0.1) is 0 Å². The molecule has 4 nitrogen and oxygen atoms in total. The van der Waals surface area contributed by atoms with E-state index in [4.69, 9.17) is 16.3 Å². The number of nitrogens with zero attached hydrogens (tertiary/aromatic N) is 1. The summed E-state index contributed by atoms with van der Waals surface area (Å²) >= 11 is 6.13. The molecule has 2 aromatic rings. The second kappa shape index (κ2) is 7.79. The lowest BCUT2D eigenvalue weighted by Gasteiger charge is -2.33. The zero-order chi connectivity index (χ0) is 17.8. The van der Waals surface area contributed by atoms with Crippen LogP contribution < -0.4 is 15.0 Å². The van der Waals surface area contributed by atoms with Crippen LogP contribution in [0.4, 0.5) is 11.4 Å². The smallest absolute Gasteiger partial charge is 0.255 e. The van der Waals surface area contributed by atoms with Crippen LogP contribution >= 0.6 is 11.6 Å². The van der Waals surface area contributed by atoms with Crippen LogP contribution in [0.25, 0.3) is 0 Å². The molecule has 2 aromatic carbocycles. The van der Waals surface area contributed by atoms with E-state index in [9.17, 15) is 4.79 Å². The summed E-state index contributed by atoms with van der Waals surface area (Å²) < 4.78 is 5.13. The molecular formula is C20H23ClN2O2. The Labute approximate surface area is 153 Å². The molecule has 0 aliphatic carbocycles. The van der Waals surface area contributed by atoms with E-state index in [1.54, 1.807) is 25.3 Å². The number of hydrogen-bond acceptors (Lipinski definition) is 3. The third-order valence-corrected chi connectivity index (χ3v) is 4.99. The number of carbonyl (C=O) groups is 1. The molecule has 1 saturated heterocycles. The molecule has 0 radical (unpaired) electrons. The van der Waals surface area contributed by atoms with Crippen LogP contribution in [0.5, 0.6) is 5.75 Å². The van der Waals surface area contributed by atoms with Crippen molar-refractivity contribution in [1.29, 1.82) is 0 Å². The molecule has 0 spiro atoms. The van der Waals surface area contributed by atoms with E-state index in [-0.39, 0.29) is 5.91 Å². The van der Waals surface area contributed by atoms with Gasteiger partial charge in [-0.2, -0.15) is 0 Å². The van der Waals surface area contributed by atoms with Crippen molar-refractivity contribution in [2.75, 3.05) is 30.4 Å². The quantitative estimate of drug-likeness (QED) is 0.850. The molecule has 0 atom stereocenters. The SMILES string of the molecule is COc1ccc(C(=O)Nc2ccccc2N2CCC(C)CC2)cc1Cl. The Morgan fingerprint density at radius 3 is 2.60 bits per heavy atom. The molecule has 1 amide bonds. The number of rotatable bonds is 4. The number of halogens is 1. The van der Waals surface area contributed by atoms with Gasteiger partial charge in [0.2, 0.25) is 0 Å². The van der Waals surface area contributed by atoms with Crippen LogP contribution in [-0.4, -0.2) is 26.1 Å². The fourth-order valence-electron chi connectivity index (χ4n) is 3.11. The maximum absolute atomic E-state index is 12.6. The highest BCUT2D eigenvalue weighted by atomic mass is 35.5. The number of methoxy groups -OCH3 is 1. The highest BCUT2D eigenvalue weighted by molar-refractivity contribution is 6.32. The number of nitrogens with one attached hydrogen (secondary N) is 1. The van der Waals surface area contributed by atoms with Gasteiger partial charge < -0.3 is 15.0 Å². The minimum Gasteiger partial charge on any atom is -0.495 e. The van der Waals surface area contributed by atoms with E-state index in [2.05, 4.69) is 23.2 Å². The number of amides is 1. The third kappa shape index (κ3) is 4.07. The Balaban J connectivity index is 1.79. The van der Waals surface area contributed by atoms with Gasteiger partial charge in [-0.25, -0.2) is 0 Å². The summed E-state index contributed by atoms with van der Waals surface area (Å²) in [5, 5.41) is 3.44. The van der Waals surface area contributed by atoms with Gasteiger partial charge in [0.05, 0.1) is 23.5 Å². The van der Waals surface area contributed by atoms with E-state index in [1.165, 1.54) is 12.8 Å². The van der Waals surface area contributed by atoms with Crippen molar-refractivity contribution in [3.8, 4) is 5.75 Å². The summed E-state index contributed by atoms with van der Waals surface area (Å²) in [6.45, 7) is 4.32. The Kier molecular flexibility index (Phi) is 5.49. The van der Waals surface area contributed by atoms with Crippen LogP contribution in [-0.2, 0) is 0 Å². The maximum atomic E-state index is 12.6. The third-order valence-electron chi connectivity index (χ3n) is 4.69. The second-order valence-corrected chi connectivity index (χ2v) is 6.90. The summed E-state index contributed by atoms with van der Waals surface area (Å²) in [6, 6.07) is 13.0. The fourth-order valence-corrected chi connectivity index (χ4v) is 3.36. The number of anilines is 2. The number of ether oxygens (including phenoxy) is 1. The molecule has 1 aliphatic heterocycles. The van der Waals surface area contributed by atoms with Crippen LogP contribution in [0.15, 0.2) is 42.5 Å². The van der Waals surface area contributed by atoms with Gasteiger partial charge in [0, 0.05) is 18.7 Å². The van der Waals surface area contributed by atoms with E-state index in [0.29, 0.717) is 16.3 Å². The summed E-state index contributed by atoms with van der Waals surface area (Å²) in [4.78, 5) is 15.0. The average Bonchev–Trinajstić information content (AvgIpc) is 2.63. The monoisotopic (exact) mass is 358 g/mol. The van der Waals surface area contributed by atoms with Crippen molar-refractivity contribution in [3.63, 3.8) is 0 Å². The lowest BCUT2D eigenvalue weighted by molar-refractivity contribution is 0.102. The number of piperidine rings is 1. The van der Waals surface area contributed by atoms with Gasteiger partial charge in [-0.05, 0) is 49.1 Å². The first-order valence-corrected chi connectivity index (χ1v) is 8.95. The Hall–Kier alpha value is -2.20. The summed E-state index contributed by atoms with van der Waals surface area (Å²) in [5.74, 6) is 1.14. The fraction of sp³-hybridized carbons (Fsp3) is 0.350. The predicted octanol–water partition coefficient (Wildman–Crippen LogP) is 4.84. The maximum Gasteiger partial charge on any atom is 0.255 e. The lowest BCUT2D eigenvalue weighted by Crippen LogP contribution is -2.33. The van der Waals surface area contributed by atoms with Crippen molar-refractivity contribution in [2.24, 2.45) is 5.92 Å². The molecule has 25 heavy (non-hydrogen) atoms. The standard InChI is InChI=1S/C20H23ClN2O2/c1-14-9-11-23(12-10-14)18-6-4-3-5-17(18)22-20(24)15-7-8-19(25-2)16(21)13-15/h3-8,13-14H,9-12H2,1-2H3,(H,22,24). The van der Waals surface area contributed by atoms with Gasteiger partial charge >= 0.3 is 0 Å². The topological polar surface area (TPSA) is 41.6 Å². The summed E-state index contributed by atoms with van der Waals surface area (Å²) in [7, 11) is 1.55. The van der Waals surface area contributed by atoms with E-state index in [0.717, 1.165) is 30.4 Å². The molecule has 0 aromatic heterocycles. The number of para-hydroxylation sites is 2. The van der Waals surface area contributed by atoms with Gasteiger partial charge in [0.1, 0.15) is 5.75 Å². The van der Waals surface area contributed by atoms with Gasteiger partial charge in [-0.1, -0.05) is 30.7 Å². The molecule has 0 unspecified atom stereocenters. The van der Waals surface area contributed by atoms with E-state index >= 15 is 0 Å². The largest absolute Gasteiger partial charge is 0.495 e. The van der Waals surface area contributed by atoms with Crippen LogP contribution in [0.2, 0.25) is 5.02 Å².